The number of halogens is 1. The van der Waals surface area contributed by atoms with Gasteiger partial charge in [0.25, 0.3) is 0 Å². The normalized spacial score (nSPS) is 10.1. The number of ether oxygens (including phenoxy) is 2. The number of hydrogen-bond donors (Lipinski definition) is 0. The van der Waals surface area contributed by atoms with Crippen molar-refractivity contribution in [1.29, 1.82) is 0 Å². The molecule has 0 unspecified atom stereocenters. The lowest BCUT2D eigenvalue weighted by Gasteiger charge is -2.13. The molecule has 94 valence electrons. The summed E-state index contributed by atoms with van der Waals surface area (Å²) in [5.41, 5.74) is 0.507. The van der Waals surface area contributed by atoms with Gasteiger partial charge in [-0.2, -0.15) is 0 Å². The molecule has 0 aromatic heterocycles. The number of aldehydes is 1. The van der Waals surface area contributed by atoms with E-state index >= 15 is 0 Å². The quantitative estimate of drug-likeness (QED) is 0.567. The van der Waals surface area contributed by atoms with Crippen molar-refractivity contribution in [3.8, 4) is 11.5 Å². The average molecular weight is 301 g/mol. The number of rotatable bonds is 7. The molecule has 0 heterocycles. The van der Waals surface area contributed by atoms with Crippen molar-refractivity contribution in [1.82, 2.24) is 0 Å². The number of carbonyl (C=O) groups is 1. The van der Waals surface area contributed by atoms with Crippen molar-refractivity contribution in [3.05, 3.63) is 22.2 Å². The van der Waals surface area contributed by atoms with Crippen molar-refractivity contribution in [2.75, 3.05) is 13.7 Å². The van der Waals surface area contributed by atoms with Crippen molar-refractivity contribution < 1.29 is 14.3 Å². The first-order valence-electron chi connectivity index (χ1n) is 5.68. The summed E-state index contributed by atoms with van der Waals surface area (Å²) in [6.45, 7) is 2.74. The molecule has 3 nitrogen and oxygen atoms in total. The first-order chi connectivity index (χ1) is 8.22. The van der Waals surface area contributed by atoms with Crippen molar-refractivity contribution >= 4 is 22.2 Å². The van der Waals surface area contributed by atoms with Crippen LogP contribution in [0.3, 0.4) is 0 Å². The third kappa shape index (κ3) is 4.04. The van der Waals surface area contributed by atoms with E-state index in [-0.39, 0.29) is 0 Å². The van der Waals surface area contributed by atoms with Crippen LogP contribution in [0.1, 0.15) is 36.5 Å². The van der Waals surface area contributed by atoms with Crippen LogP contribution in [0.4, 0.5) is 0 Å². The highest BCUT2D eigenvalue weighted by atomic mass is 79.9. The lowest BCUT2D eigenvalue weighted by atomic mass is 10.2. The van der Waals surface area contributed by atoms with Crippen LogP contribution in [0.5, 0.6) is 11.5 Å². The van der Waals surface area contributed by atoms with Gasteiger partial charge in [-0.15, -0.1) is 0 Å². The summed E-state index contributed by atoms with van der Waals surface area (Å²) in [4.78, 5) is 11.0. The Morgan fingerprint density at radius 1 is 1.35 bits per heavy atom. The Bertz CT molecular complexity index is 377. The topological polar surface area (TPSA) is 35.5 Å². The van der Waals surface area contributed by atoms with E-state index in [1.165, 1.54) is 0 Å². The number of carbonyl (C=O) groups excluding carboxylic acids is 1. The van der Waals surface area contributed by atoms with Gasteiger partial charge in [-0.1, -0.05) is 35.7 Å². The summed E-state index contributed by atoms with van der Waals surface area (Å²) in [6.07, 6.45) is 4.02. The summed E-state index contributed by atoms with van der Waals surface area (Å²) < 4.78 is 11.6. The molecule has 0 saturated carbocycles. The predicted octanol–water partition coefficient (Wildman–Crippen LogP) is 3.84. The molecule has 1 aromatic rings. The van der Waals surface area contributed by atoms with E-state index in [0.29, 0.717) is 23.7 Å². The van der Waals surface area contributed by atoms with E-state index in [9.17, 15) is 4.79 Å². The molecule has 0 aliphatic carbocycles. The van der Waals surface area contributed by atoms with E-state index < -0.39 is 0 Å². The lowest BCUT2D eigenvalue weighted by molar-refractivity contribution is 0.111. The summed E-state index contributed by atoms with van der Waals surface area (Å²) in [6, 6.07) is 3.52. The number of hydrogen-bond acceptors (Lipinski definition) is 3. The largest absolute Gasteiger partial charge is 0.493 e. The molecule has 0 bridgehead atoms. The van der Waals surface area contributed by atoms with Crippen LogP contribution < -0.4 is 9.47 Å². The zero-order valence-electron chi connectivity index (χ0n) is 10.2. The number of methoxy groups -OCH3 is 1. The molecule has 0 spiro atoms. The molecular formula is C13H17BrO3. The highest BCUT2D eigenvalue weighted by molar-refractivity contribution is 9.10. The molecular weight excluding hydrogens is 284 g/mol. The van der Waals surface area contributed by atoms with Crippen LogP contribution >= 0.6 is 15.9 Å². The third-order valence-corrected chi connectivity index (χ3v) is 2.85. The fraction of sp³-hybridized carbons (Fsp3) is 0.462. The van der Waals surface area contributed by atoms with E-state index in [4.69, 9.17) is 9.47 Å². The van der Waals surface area contributed by atoms with Gasteiger partial charge in [-0.25, -0.2) is 0 Å². The van der Waals surface area contributed by atoms with Crippen LogP contribution in [0.25, 0.3) is 0 Å². The minimum absolute atomic E-state index is 0.507. The number of benzene rings is 1. The SMILES string of the molecule is CCCCCOc1c(C=O)cc(Br)cc1OC. The van der Waals surface area contributed by atoms with E-state index in [0.717, 1.165) is 30.0 Å². The molecule has 0 atom stereocenters. The van der Waals surface area contributed by atoms with Gasteiger partial charge < -0.3 is 9.47 Å². The van der Waals surface area contributed by atoms with Crippen molar-refractivity contribution in [3.63, 3.8) is 0 Å². The maximum atomic E-state index is 11.0. The highest BCUT2D eigenvalue weighted by Crippen LogP contribution is 2.34. The Hall–Kier alpha value is -1.03. The predicted molar refractivity (Wildman–Crippen MR) is 71.1 cm³/mol. The molecule has 4 heteroatoms. The molecule has 0 fully saturated rings. The molecule has 0 aliphatic rings. The van der Waals surface area contributed by atoms with Crippen LogP contribution in [0.15, 0.2) is 16.6 Å². The lowest BCUT2D eigenvalue weighted by Crippen LogP contribution is -2.02. The smallest absolute Gasteiger partial charge is 0.171 e. The summed E-state index contributed by atoms with van der Waals surface area (Å²) in [7, 11) is 1.56. The zero-order chi connectivity index (χ0) is 12.7. The maximum Gasteiger partial charge on any atom is 0.171 e. The monoisotopic (exact) mass is 300 g/mol. The standard InChI is InChI=1S/C13H17BrO3/c1-3-4-5-6-17-13-10(9-15)7-11(14)8-12(13)16-2/h7-9H,3-6H2,1-2H3. The third-order valence-electron chi connectivity index (χ3n) is 2.39. The molecule has 17 heavy (non-hydrogen) atoms. The fourth-order valence-electron chi connectivity index (χ4n) is 1.51. The zero-order valence-corrected chi connectivity index (χ0v) is 11.7. The van der Waals surface area contributed by atoms with Gasteiger partial charge in [0.15, 0.2) is 17.8 Å². The Kier molecular flexibility index (Phi) is 6.05. The molecule has 0 saturated heterocycles. The van der Waals surface area contributed by atoms with E-state index in [1.807, 2.05) is 0 Å². The van der Waals surface area contributed by atoms with Gasteiger partial charge >= 0.3 is 0 Å². The van der Waals surface area contributed by atoms with E-state index in [2.05, 4.69) is 22.9 Å². The van der Waals surface area contributed by atoms with Gasteiger partial charge in [0.2, 0.25) is 0 Å². The fourth-order valence-corrected chi connectivity index (χ4v) is 1.96. The molecule has 0 N–H and O–H groups in total. The first-order valence-corrected chi connectivity index (χ1v) is 6.47. The van der Waals surface area contributed by atoms with Crippen LogP contribution in [-0.4, -0.2) is 20.0 Å². The van der Waals surface area contributed by atoms with E-state index in [1.54, 1.807) is 19.2 Å². The second-order valence-corrected chi connectivity index (χ2v) is 4.62. The Labute approximate surface area is 110 Å². The van der Waals surface area contributed by atoms with Gasteiger partial charge in [0.05, 0.1) is 19.3 Å². The van der Waals surface area contributed by atoms with Gasteiger partial charge in [0.1, 0.15) is 0 Å². The highest BCUT2D eigenvalue weighted by Gasteiger charge is 2.11. The minimum Gasteiger partial charge on any atom is -0.493 e. The summed E-state index contributed by atoms with van der Waals surface area (Å²) >= 11 is 3.33. The summed E-state index contributed by atoms with van der Waals surface area (Å²) in [5.74, 6) is 1.11. The molecule has 1 rings (SSSR count). The van der Waals surface area contributed by atoms with Gasteiger partial charge in [-0.3, -0.25) is 4.79 Å². The molecule has 0 amide bonds. The second-order valence-electron chi connectivity index (χ2n) is 3.70. The van der Waals surface area contributed by atoms with Gasteiger partial charge in [0, 0.05) is 4.47 Å². The first kappa shape index (κ1) is 14.0. The molecule has 0 aliphatic heterocycles. The Balaban J connectivity index is 2.83. The molecule has 1 aromatic carbocycles. The van der Waals surface area contributed by atoms with Crippen LogP contribution in [0.2, 0.25) is 0 Å². The summed E-state index contributed by atoms with van der Waals surface area (Å²) in [5, 5.41) is 0. The number of unbranched alkanes of at least 4 members (excludes halogenated alkanes) is 2. The van der Waals surface area contributed by atoms with Crippen LogP contribution in [0, 0.1) is 0 Å². The van der Waals surface area contributed by atoms with Crippen LogP contribution in [-0.2, 0) is 0 Å². The van der Waals surface area contributed by atoms with Crippen molar-refractivity contribution in [2.45, 2.75) is 26.2 Å². The maximum absolute atomic E-state index is 11.0. The Morgan fingerprint density at radius 3 is 2.71 bits per heavy atom. The Morgan fingerprint density at radius 2 is 2.12 bits per heavy atom. The minimum atomic E-state index is 0.507. The van der Waals surface area contributed by atoms with Gasteiger partial charge in [-0.05, 0) is 18.6 Å². The second kappa shape index (κ2) is 7.33. The average Bonchev–Trinajstić information content (AvgIpc) is 2.35. The molecule has 0 radical (unpaired) electrons. The van der Waals surface area contributed by atoms with Crippen molar-refractivity contribution in [2.24, 2.45) is 0 Å².